The summed E-state index contributed by atoms with van der Waals surface area (Å²) < 4.78 is 1.92. The molecule has 0 spiro atoms. The van der Waals surface area contributed by atoms with Crippen LogP contribution in [0.1, 0.15) is 37.5 Å². The Bertz CT molecular complexity index is 1300. The third-order valence-corrected chi connectivity index (χ3v) is 5.34. The zero-order valence-electron chi connectivity index (χ0n) is 17.7. The van der Waals surface area contributed by atoms with E-state index in [0.717, 1.165) is 16.7 Å². The van der Waals surface area contributed by atoms with Gasteiger partial charge in [0.25, 0.3) is 0 Å². The van der Waals surface area contributed by atoms with Gasteiger partial charge in [0.15, 0.2) is 0 Å². The molecule has 32 heavy (non-hydrogen) atoms. The van der Waals surface area contributed by atoms with Crippen LogP contribution in [0, 0.1) is 6.92 Å². The third-order valence-electron chi connectivity index (χ3n) is 5.34. The molecule has 4 aromatic rings. The molecule has 0 fully saturated rings. The van der Waals surface area contributed by atoms with E-state index in [-0.39, 0.29) is 11.3 Å². The number of rotatable bonds is 7. The second kappa shape index (κ2) is 9.31. The van der Waals surface area contributed by atoms with E-state index < -0.39 is 5.97 Å². The maximum atomic E-state index is 12.9. The van der Waals surface area contributed by atoms with Gasteiger partial charge in [-0.25, -0.2) is 4.79 Å². The van der Waals surface area contributed by atoms with Crippen molar-refractivity contribution in [3.63, 3.8) is 0 Å². The normalized spacial score (nSPS) is 11.0. The van der Waals surface area contributed by atoms with Crippen LogP contribution in [0.25, 0.3) is 17.2 Å². The molecular formula is C28H23NO3. The predicted octanol–water partition coefficient (Wildman–Crippen LogP) is 6.11. The van der Waals surface area contributed by atoms with E-state index in [1.807, 2.05) is 103 Å². The molecule has 4 nitrogen and oxygen atoms in total. The molecule has 3 aromatic carbocycles. The fraction of sp³-hybridized carbons (Fsp3) is 0.0714. The number of aromatic carboxylic acids is 1. The van der Waals surface area contributed by atoms with Crippen molar-refractivity contribution in [2.75, 3.05) is 0 Å². The largest absolute Gasteiger partial charge is 0.478 e. The van der Waals surface area contributed by atoms with Gasteiger partial charge in [0.1, 0.15) is 0 Å². The topological polar surface area (TPSA) is 59.3 Å². The number of nitrogens with zero attached hydrogens (tertiary/aromatic N) is 1. The lowest BCUT2D eigenvalue weighted by Gasteiger charge is -2.08. The minimum absolute atomic E-state index is 0.00400. The summed E-state index contributed by atoms with van der Waals surface area (Å²) >= 11 is 0. The highest BCUT2D eigenvalue weighted by Gasteiger charge is 2.13. The van der Waals surface area contributed by atoms with Gasteiger partial charge in [-0.05, 0) is 47.9 Å². The number of hydrogen-bond acceptors (Lipinski definition) is 2. The first-order valence-electron chi connectivity index (χ1n) is 10.4. The van der Waals surface area contributed by atoms with Crippen molar-refractivity contribution in [1.82, 2.24) is 4.57 Å². The van der Waals surface area contributed by atoms with Gasteiger partial charge < -0.3 is 9.67 Å². The SMILES string of the molecule is Cc1ccc(C(=O)c2cccn2C/C=C/c2cccc(-c3ccccc3C(=O)O)c2)cc1. The van der Waals surface area contributed by atoms with E-state index in [1.165, 1.54) is 0 Å². The van der Waals surface area contributed by atoms with E-state index in [1.54, 1.807) is 12.1 Å². The maximum Gasteiger partial charge on any atom is 0.336 e. The minimum Gasteiger partial charge on any atom is -0.478 e. The lowest BCUT2D eigenvalue weighted by atomic mass is 9.98. The van der Waals surface area contributed by atoms with Crippen LogP contribution < -0.4 is 0 Å². The molecule has 0 amide bonds. The summed E-state index contributed by atoms with van der Waals surface area (Å²) in [6.07, 6.45) is 5.87. The summed E-state index contributed by atoms with van der Waals surface area (Å²) in [4.78, 5) is 24.4. The molecule has 0 saturated heterocycles. The lowest BCUT2D eigenvalue weighted by Crippen LogP contribution is -2.09. The third kappa shape index (κ3) is 4.60. The molecule has 0 unspecified atom stereocenters. The summed E-state index contributed by atoms with van der Waals surface area (Å²) in [7, 11) is 0. The molecule has 1 heterocycles. The molecule has 4 rings (SSSR count). The second-order valence-electron chi connectivity index (χ2n) is 7.62. The van der Waals surface area contributed by atoms with E-state index >= 15 is 0 Å². The number of carboxylic acids is 1. The summed E-state index contributed by atoms with van der Waals surface area (Å²) in [6, 6.07) is 26.0. The fourth-order valence-electron chi connectivity index (χ4n) is 3.67. The smallest absolute Gasteiger partial charge is 0.336 e. The Hall–Kier alpha value is -4.18. The summed E-state index contributed by atoms with van der Waals surface area (Å²) in [5.41, 5.74) is 5.20. The molecular weight excluding hydrogens is 398 g/mol. The van der Waals surface area contributed by atoms with Crippen molar-refractivity contribution < 1.29 is 14.7 Å². The van der Waals surface area contributed by atoms with Crippen LogP contribution in [0.3, 0.4) is 0 Å². The van der Waals surface area contributed by atoms with Crippen molar-refractivity contribution in [3.8, 4) is 11.1 Å². The number of carbonyl (C=O) groups is 2. The zero-order valence-corrected chi connectivity index (χ0v) is 17.7. The van der Waals surface area contributed by atoms with Crippen LogP contribution in [0.5, 0.6) is 0 Å². The molecule has 158 valence electrons. The molecule has 0 radical (unpaired) electrons. The Kier molecular flexibility index (Phi) is 6.13. The number of hydrogen-bond donors (Lipinski definition) is 1. The Morgan fingerprint density at radius 2 is 1.69 bits per heavy atom. The number of benzene rings is 3. The highest BCUT2D eigenvalue weighted by atomic mass is 16.4. The number of carbonyl (C=O) groups excluding carboxylic acids is 1. The molecule has 0 atom stereocenters. The molecule has 0 saturated carbocycles. The Morgan fingerprint density at radius 1 is 0.906 bits per heavy atom. The highest BCUT2D eigenvalue weighted by Crippen LogP contribution is 2.25. The van der Waals surface area contributed by atoms with Crippen molar-refractivity contribution in [2.24, 2.45) is 0 Å². The van der Waals surface area contributed by atoms with Gasteiger partial charge in [-0.1, -0.05) is 78.4 Å². The Labute approximate surface area is 187 Å². The Balaban J connectivity index is 1.52. The van der Waals surface area contributed by atoms with Gasteiger partial charge >= 0.3 is 5.97 Å². The first kappa shape index (κ1) is 21.1. The monoisotopic (exact) mass is 421 g/mol. The van der Waals surface area contributed by atoms with Crippen molar-refractivity contribution >= 4 is 17.8 Å². The summed E-state index contributed by atoms with van der Waals surface area (Å²) in [5.74, 6) is -0.949. The van der Waals surface area contributed by atoms with Gasteiger partial charge in [0.2, 0.25) is 5.78 Å². The summed E-state index contributed by atoms with van der Waals surface area (Å²) in [5, 5.41) is 9.47. The molecule has 1 N–H and O–H groups in total. The maximum absolute atomic E-state index is 12.9. The van der Waals surface area contributed by atoms with E-state index in [9.17, 15) is 14.7 Å². The van der Waals surface area contributed by atoms with Crippen LogP contribution in [0.15, 0.2) is 97.2 Å². The van der Waals surface area contributed by atoms with Gasteiger partial charge in [0, 0.05) is 18.3 Å². The summed E-state index contributed by atoms with van der Waals surface area (Å²) in [6.45, 7) is 2.55. The van der Waals surface area contributed by atoms with Gasteiger partial charge in [-0.2, -0.15) is 0 Å². The highest BCUT2D eigenvalue weighted by molar-refractivity contribution is 6.08. The average Bonchev–Trinajstić information content (AvgIpc) is 3.28. The van der Waals surface area contributed by atoms with E-state index in [2.05, 4.69) is 0 Å². The number of aromatic nitrogens is 1. The van der Waals surface area contributed by atoms with E-state index in [0.29, 0.717) is 23.4 Å². The molecule has 4 heteroatoms. The van der Waals surface area contributed by atoms with Gasteiger partial charge in [-0.15, -0.1) is 0 Å². The number of allylic oxidation sites excluding steroid dienone is 1. The predicted molar refractivity (Wildman–Crippen MR) is 127 cm³/mol. The standard InChI is InChI=1S/C28H23NO3/c1-20-13-15-22(16-14-20)27(30)26-12-6-18-29(26)17-5-8-21-7-4-9-23(19-21)24-10-2-3-11-25(24)28(31)32/h2-16,18-19H,17H2,1H3,(H,31,32)/b8-5+. The number of aryl methyl sites for hydroxylation is 1. The Morgan fingerprint density at radius 3 is 2.47 bits per heavy atom. The quantitative estimate of drug-likeness (QED) is 0.367. The van der Waals surface area contributed by atoms with Gasteiger partial charge in [0.05, 0.1) is 11.3 Å². The molecule has 0 bridgehead atoms. The average molecular weight is 421 g/mol. The molecule has 0 aliphatic rings. The van der Waals surface area contributed by atoms with Crippen molar-refractivity contribution in [3.05, 3.63) is 125 Å². The van der Waals surface area contributed by atoms with E-state index in [4.69, 9.17) is 0 Å². The van der Waals surface area contributed by atoms with Crippen LogP contribution in [-0.2, 0) is 6.54 Å². The van der Waals surface area contributed by atoms with Crippen molar-refractivity contribution in [1.29, 1.82) is 0 Å². The van der Waals surface area contributed by atoms with Crippen LogP contribution in [0.4, 0.5) is 0 Å². The second-order valence-corrected chi connectivity index (χ2v) is 7.62. The lowest BCUT2D eigenvalue weighted by molar-refractivity contribution is 0.0697. The molecule has 0 aliphatic heterocycles. The molecule has 1 aromatic heterocycles. The number of carboxylic acid groups (broad SMARTS) is 1. The fourth-order valence-corrected chi connectivity index (χ4v) is 3.67. The zero-order chi connectivity index (χ0) is 22.5. The first-order chi connectivity index (χ1) is 15.5. The minimum atomic E-state index is -0.945. The van der Waals surface area contributed by atoms with Crippen LogP contribution in [-0.4, -0.2) is 21.4 Å². The van der Waals surface area contributed by atoms with Crippen LogP contribution in [0.2, 0.25) is 0 Å². The number of ketones is 1. The van der Waals surface area contributed by atoms with Crippen LogP contribution >= 0.6 is 0 Å². The molecule has 0 aliphatic carbocycles. The first-order valence-corrected chi connectivity index (χ1v) is 10.4. The van der Waals surface area contributed by atoms with Crippen molar-refractivity contribution in [2.45, 2.75) is 13.5 Å². The van der Waals surface area contributed by atoms with Gasteiger partial charge in [-0.3, -0.25) is 4.79 Å².